The zero-order valence-corrected chi connectivity index (χ0v) is 17.1. The zero-order valence-electron chi connectivity index (χ0n) is 16.3. The van der Waals surface area contributed by atoms with Crippen LogP contribution in [0.5, 0.6) is 5.75 Å². The Morgan fingerprint density at radius 3 is 2.52 bits per heavy atom. The van der Waals surface area contributed by atoms with Crippen molar-refractivity contribution in [3.63, 3.8) is 0 Å². The molecule has 148 valence electrons. The van der Waals surface area contributed by atoms with E-state index in [0.717, 1.165) is 31.9 Å². The third kappa shape index (κ3) is 7.53. The zero-order chi connectivity index (χ0) is 18.0. The third-order valence-corrected chi connectivity index (χ3v) is 4.95. The lowest BCUT2D eigenvalue weighted by atomic mass is 10.1. The molecule has 3 rings (SSSR count). The van der Waals surface area contributed by atoms with Crippen molar-refractivity contribution in [3.8, 4) is 5.75 Å². The van der Waals surface area contributed by atoms with E-state index in [2.05, 4.69) is 36.1 Å². The van der Waals surface area contributed by atoms with Crippen LogP contribution in [-0.2, 0) is 17.8 Å². The molecule has 1 aliphatic heterocycles. The van der Waals surface area contributed by atoms with Gasteiger partial charge < -0.3 is 9.47 Å². The lowest BCUT2D eigenvalue weighted by Crippen LogP contribution is -2.42. The van der Waals surface area contributed by atoms with Gasteiger partial charge in [0.1, 0.15) is 12.4 Å². The number of ether oxygens (including phenoxy) is 2. The Morgan fingerprint density at radius 1 is 1.04 bits per heavy atom. The maximum atomic E-state index is 5.83. The largest absolute Gasteiger partial charge is 0.489 e. The van der Waals surface area contributed by atoms with Crippen LogP contribution in [0.4, 0.5) is 0 Å². The topological polar surface area (TPSA) is 21.7 Å². The van der Waals surface area contributed by atoms with Gasteiger partial charge in [-0.1, -0.05) is 55.8 Å². The van der Waals surface area contributed by atoms with Crippen LogP contribution in [0.1, 0.15) is 37.3 Å². The molecule has 1 fully saturated rings. The highest BCUT2D eigenvalue weighted by Crippen LogP contribution is 2.14. The van der Waals surface area contributed by atoms with Crippen LogP contribution in [0.3, 0.4) is 0 Å². The fourth-order valence-corrected chi connectivity index (χ4v) is 3.47. The predicted octanol–water partition coefficient (Wildman–Crippen LogP) is 5.12. The molecule has 3 nitrogen and oxygen atoms in total. The molecule has 0 aromatic heterocycles. The average molecular weight is 390 g/mol. The number of halogens is 1. The molecule has 2 aromatic carbocycles. The SMILES string of the molecule is CCCC1CN(CCCc2ccc(COc3ccccc3)cc2)CCO1.Cl. The van der Waals surface area contributed by atoms with Gasteiger partial charge in [0.25, 0.3) is 0 Å². The average Bonchev–Trinajstić information content (AvgIpc) is 2.69. The lowest BCUT2D eigenvalue weighted by molar-refractivity contribution is -0.0323. The highest BCUT2D eigenvalue weighted by Gasteiger charge is 2.18. The molecule has 0 saturated carbocycles. The molecule has 2 aromatic rings. The second-order valence-corrected chi connectivity index (χ2v) is 7.10. The van der Waals surface area contributed by atoms with Gasteiger partial charge in [-0.05, 0) is 49.1 Å². The molecule has 1 aliphatic rings. The second kappa shape index (κ2) is 12.0. The van der Waals surface area contributed by atoms with Gasteiger partial charge in [0.15, 0.2) is 0 Å². The predicted molar refractivity (Wildman–Crippen MR) is 114 cm³/mol. The normalized spacial score (nSPS) is 17.3. The van der Waals surface area contributed by atoms with E-state index in [1.54, 1.807) is 0 Å². The van der Waals surface area contributed by atoms with Gasteiger partial charge in [-0.2, -0.15) is 0 Å². The van der Waals surface area contributed by atoms with Crippen LogP contribution in [-0.4, -0.2) is 37.2 Å². The van der Waals surface area contributed by atoms with Crippen molar-refractivity contribution in [2.75, 3.05) is 26.2 Å². The summed E-state index contributed by atoms with van der Waals surface area (Å²) >= 11 is 0. The van der Waals surface area contributed by atoms with Crippen LogP contribution in [0.2, 0.25) is 0 Å². The standard InChI is InChI=1S/C23H31NO2.ClH/c1-2-7-23-18-24(16-17-25-23)15-6-8-20-11-13-21(14-12-20)19-26-22-9-4-3-5-10-22;/h3-5,9-14,23H,2,6-8,15-19H2,1H3;1H. The molecule has 0 spiro atoms. The molecule has 0 radical (unpaired) electrons. The number of para-hydroxylation sites is 1. The summed E-state index contributed by atoms with van der Waals surface area (Å²) in [6, 6.07) is 18.8. The molecular formula is C23H32ClNO2. The number of aryl methyl sites for hydroxylation is 1. The first-order chi connectivity index (χ1) is 12.8. The number of hydrogen-bond acceptors (Lipinski definition) is 3. The minimum absolute atomic E-state index is 0. The minimum Gasteiger partial charge on any atom is -0.489 e. The number of hydrogen-bond donors (Lipinski definition) is 0. The minimum atomic E-state index is 0. The summed E-state index contributed by atoms with van der Waals surface area (Å²) in [5.74, 6) is 0.920. The molecule has 0 amide bonds. The molecular weight excluding hydrogens is 358 g/mol. The molecule has 1 heterocycles. The van der Waals surface area contributed by atoms with Gasteiger partial charge in [-0.3, -0.25) is 4.90 Å². The monoisotopic (exact) mass is 389 g/mol. The first-order valence-electron chi connectivity index (χ1n) is 9.93. The van der Waals surface area contributed by atoms with E-state index in [-0.39, 0.29) is 12.4 Å². The Morgan fingerprint density at radius 2 is 1.78 bits per heavy atom. The van der Waals surface area contributed by atoms with Gasteiger partial charge in [0, 0.05) is 13.1 Å². The van der Waals surface area contributed by atoms with Crippen LogP contribution in [0, 0.1) is 0 Å². The fraction of sp³-hybridized carbons (Fsp3) is 0.478. The highest BCUT2D eigenvalue weighted by molar-refractivity contribution is 5.85. The van der Waals surface area contributed by atoms with Crippen LogP contribution in [0.15, 0.2) is 54.6 Å². The van der Waals surface area contributed by atoms with E-state index in [1.165, 1.54) is 36.9 Å². The summed E-state index contributed by atoms with van der Waals surface area (Å²) in [5.41, 5.74) is 2.63. The van der Waals surface area contributed by atoms with Gasteiger partial charge in [-0.15, -0.1) is 12.4 Å². The summed E-state index contributed by atoms with van der Waals surface area (Å²) in [6.45, 7) is 7.09. The summed E-state index contributed by atoms with van der Waals surface area (Å²) in [5, 5.41) is 0. The van der Waals surface area contributed by atoms with Crippen LogP contribution < -0.4 is 4.74 Å². The smallest absolute Gasteiger partial charge is 0.119 e. The maximum Gasteiger partial charge on any atom is 0.119 e. The van der Waals surface area contributed by atoms with Crippen molar-refractivity contribution in [1.29, 1.82) is 0 Å². The molecule has 1 atom stereocenters. The van der Waals surface area contributed by atoms with Crippen molar-refractivity contribution in [2.24, 2.45) is 0 Å². The summed E-state index contributed by atoms with van der Waals surface area (Å²) in [6.07, 6.45) is 5.17. The molecule has 27 heavy (non-hydrogen) atoms. The Kier molecular flexibility index (Phi) is 9.68. The molecule has 1 saturated heterocycles. The van der Waals surface area contributed by atoms with Crippen LogP contribution in [0.25, 0.3) is 0 Å². The van der Waals surface area contributed by atoms with E-state index in [4.69, 9.17) is 9.47 Å². The Labute approximate surface area is 170 Å². The molecule has 4 heteroatoms. The fourth-order valence-electron chi connectivity index (χ4n) is 3.47. The first-order valence-corrected chi connectivity index (χ1v) is 9.93. The van der Waals surface area contributed by atoms with E-state index in [1.807, 2.05) is 30.3 Å². The Balaban J connectivity index is 0.00000261. The van der Waals surface area contributed by atoms with Gasteiger partial charge >= 0.3 is 0 Å². The van der Waals surface area contributed by atoms with Crippen molar-refractivity contribution in [3.05, 3.63) is 65.7 Å². The van der Waals surface area contributed by atoms with Crippen molar-refractivity contribution in [2.45, 2.75) is 45.3 Å². The van der Waals surface area contributed by atoms with Crippen molar-refractivity contribution >= 4 is 12.4 Å². The van der Waals surface area contributed by atoms with Crippen LogP contribution >= 0.6 is 12.4 Å². The van der Waals surface area contributed by atoms with E-state index < -0.39 is 0 Å². The maximum absolute atomic E-state index is 5.83. The van der Waals surface area contributed by atoms with E-state index >= 15 is 0 Å². The number of rotatable bonds is 9. The summed E-state index contributed by atoms with van der Waals surface area (Å²) in [4.78, 5) is 2.56. The summed E-state index contributed by atoms with van der Waals surface area (Å²) in [7, 11) is 0. The van der Waals surface area contributed by atoms with Crippen molar-refractivity contribution < 1.29 is 9.47 Å². The number of morpholine rings is 1. The molecule has 1 unspecified atom stereocenters. The quantitative estimate of drug-likeness (QED) is 0.594. The first kappa shape index (κ1) is 21.7. The lowest BCUT2D eigenvalue weighted by Gasteiger charge is -2.32. The Hall–Kier alpha value is -1.55. The summed E-state index contributed by atoms with van der Waals surface area (Å²) < 4.78 is 11.6. The van der Waals surface area contributed by atoms with E-state index in [0.29, 0.717) is 12.7 Å². The third-order valence-electron chi connectivity index (χ3n) is 4.95. The number of benzene rings is 2. The second-order valence-electron chi connectivity index (χ2n) is 7.10. The number of nitrogens with zero attached hydrogens (tertiary/aromatic N) is 1. The Bertz CT molecular complexity index is 631. The molecule has 0 aliphatic carbocycles. The van der Waals surface area contributed by atoms with E-state index in [9.17, 15) is 0 Å². The molecule has 0 bridgehead atoms. The van der Waals surface area contributed by atoms with Gasteiger partial charge in [0.2, 0.25) is 0 Å². The highest BCUT2D eigenvalue weighted by atomic mass is 35.5. The van der Waals surface area contributed by atoms with Gasteiger partial charge in [0.05, 0.1) is 12.7 Å². The van der Waals surface area contributed by atoms with Gasteiger partial charge in [-0.25, -0.2) is 0 Å². The molecule has 0 N–H and O–H groups in total. The van der Waals surface area contributed by atoms with Crippen molar-refractivity contribution in [1.82, 2.24) is 4.90 Å².